The minimum atomic E-state index is -0.569. The Balaban J connectivity index is 1.66. The van der Waals surface area contributed by atoms with Crippen LogP contribution in [0.15, 0.2) is 40.0 Å². The molecule has 0 amide bonds. The Kier molecular flexibility index (Phi) is 6.27. The number of hydrogen-bond acceptors (Lipinski definition) is 6. The molecule has 0 aliphatic heterocycles. The number of rotatable bonds is 8. The molecule has 0 saturated carbocycles. The first-order chi connectivity index (χ1) is 10.3. The van der Waals surface area contributed by atoms with Gasteiger partial charge in [-0.3, -0.25) is 0 Å². The van der Waals surface area contributed by atoms with Crippen LogP contribution < -0.4 is 0 Å². The van der Waals surface area contributed by atoms with Gasteiger partial charge < -0.3 is 9.15 Å². The van der Waals surface area contributed by atoms with Gasteiger partial charge in [-0.1, -0.05) is 47.2 Å². The maximum atomic E-state index is 11.4. The van der Waals surface area contributed by atoms with E-state index in [1.54, 1.807) is 6.92 Å². The zero-order valence-corrected chi connectivity index (χ0v) is 12.8. The van der Waals surface area contributed by atoms with Gasteiger partial charge in [0.05, 0.1) is 6.61 Å². The summed E-state index contributed by atoms with van der Waals surface area (Å²) in [6.07, 6.45) is 3.23. The number of carbonyl (C=O) groups excluding carboxylic acids is 1. The second-order valence-electron chi connectivity index (χ2n) is 4.38. The maximum absolute atomic E-state index is 11.4. The quantitative estimate of drug-likeness (QED) is 0.423. The summed E-state index contributed by atoms with van der Waals surface area (Å²) in [6, 6.07) is 10.4. The molecule has 0 aliphatic carbocycles. The van der Waals surface area contributed by atoms with Crippen LogP contribution >= 0.6 is 11.8 Å². The van der Waals surface area contributed by atoms with Gasteiger partial charge in [0.25, 0.3) is 5.22 Å². The number of thioether (sulfide) groups is 1. The number of aromatic nitrogens is 2. The summed E-state index contributed by atoms with van der Waals surface area (Å²) in [5.41, 5.74) is 1.35. The summed E-state index contributed by atoms with van der Waals surface area (Å²) < 4.78 is 10.0. The summed E-state index contributed by atoms with van der Waals surface area (Å²) in [5, 5.41) is 7.90. The van der Waals surface area contributed by atoms with Crippen LogP contribution in [0.3, 0.4) is 0 Å². The number of carbonyl (C=O) groups is 1. The van der Waals surface area contributed by atoms with Crippen molar-refractivity contribution in [2.24, 2.45) is 0 Å². The molecule has 0 fully saturated rings. The normalized spacial score (nSPS) is 10.5. The van der Waals surface area contributed by atoms with E-state index in [0.29, 0.717) is 11.8 Å². The topological polar surface area (TPSA) is 65.2 Å². The largest absolute Gasteiger partial charge is 0.459 e. The fraction of sp³-hybridized carbons (Fsp3) is 0.400. The molecule has 0 bridgehead atoms. The van der Waals surface area contributed by atoms with Crippen molar-refractivity contribution in [3.8, 4) is 0 Å². The summed E-state index contributed by atoms with van der Waals surface area (Å²) in [5.74, 6) is 0.238. The van der Waals surface area contributed by atoms with Crippen molar-refractivity contribution in [1.82, 2.24) is 10.2 Å². The van der Waals surface area contributed by atoms with Crippen LogP contribution in [0.4, 0.5) is 0 Å². The van der Waals surface area contributed by atoms with Gasteiger partial charge in [0.1, 0.15) is 0 Å². The van der Waals surface area contributed by atoms with E-state index in [2.05, 4.69) is 34.5 Å². The lowest BCUT2D eigenvalue weighted by Crippen LogP contribution is -2.04. The van der Waals surface area contributed by atoms with E-state index in [1.807, 2.05) is 6.07 Å². The molecule has 0 atom stereocenters. The molecule has 6 heteroatoms. The average Bonchev–Trinajstić information content (AvgIpc) is 2.97. The highest BCUT2D eigenvalue weighted by molar-refractivity contribution is 7.99. The Morgan fingerprint density at radius 2 is 2.05 bits per heavy atom. The highest BCUT2D eigenvalue weighted by atomic mass is 32.2. The SMILES string of the molecule is CCOC(=O)c1nnc(SCCCCc2ccccc2)o1. The standard InChI is InChI=1S/C15H18N2O3S/c1-2-19-14(18)13-16-17-15(20-13)21-11-7-6-10-12-8-4-3-5-9-12/h3-5,8-9H,2,6-7,10-11H2,1H3. The molecule has 0 radical (unpaired) electrons. The van der Waals surface area contributed by atoms with Crippen molar-refractivity contribution in [3.63, 3.8) is 0 Å². The van der Waals surface area contributed by atoms with Crippen LogP contribution in [-0.4, -0.2) is 28.5 Å². The first kappa shape index (κ1) is 15.6. The third-order valence-corrected chi connectivity index (χ3v) is 3.69. The molecule has 0 saturated heterocycles. The van der Waals surface area contributed by atoms with E-state index in [1.165, 1.54) is 17.3 Å². The second kappa shape index (κ2) is 8.46. The van der Waals surface area contributed by atoms with Gasteiger partial charge in [0, 0.05) is 5.75 Å². The predicted octanol–water partition coefficient (Wildman–Crippen LogP) is 3.36. The van der Waals surface area contributed by atoms with Gasteiger partial charge in [-0.05, 0) is 31.7 Å². The maximum Gasteiger partial charge on any atom is 0.396 e. The Hall–Kier alpha value is -1.82. The molecule has 1 aromatic heterocycles. The average molecular weight is 306 g/mol. The molecular formula is C15H18N2O3S. The molecule has 0 N–H and O–H groups in total. The third kappa shape index (κ3) is 5.23. The van der Waals surface area contributed by atoms with E-state index < -0.39 is 5.97 Å². The van der Waals surface area contributed by atoms with Crippen LogP contribution in [-0.2, 0) is 11.2 Å². The highest BCUT2D eigenvalue weighted by Gasteiger charge is 2.15. The lowest BCUT2D eigenvalue weighted by Gasteiger charge is -2.00. The van der Waals surface area contributed by atoms with Crippen molar-refractivity contribution in [2.45, 2.75) is 31.4 Å². The number of aryl methyl sites for hydroxylation is 1. The Morgan fingerprint density at radius 3 is 2.81 bits per heavy atom. The van der Waals surface area contributed by atoms with Crippen molar-refractivity contribution < 1.29 is 13.9 Å². The molecule has 21 heavy (non-hydrogen) atoms. The molecule has 112 valence electrons. The third-order valence-electron chi connectivity index (χ3n) is 2.78. The molecule has 0 spiro atoms. The summed E-state index contributed by atoms with van der Waals surface area (Å²) >= 11 is 1.46. The lowest BCUT2D eigenvalue weighted by molar-refractivity contribution is 0.0475. The van der Waals surface area contributed by atoms with Gasteiger partial charge >= 0.3 is 11.9 Å². The number of esters is 1. The van der Waals surface area contributed by atoms with Crippen LogP contribution in [0.25, 0.3) is 0 Å². The predicted molar refractivity (Wildman–Crippen MR) is 80.4 cm³/mol. The molecule has 1 aromatic carbocycles. The van der Waals surface area contributed by atoms with Crippen LogP contribution in [0.1, 0.15) is 36.0 Å². The minimum Gasteiger partial charge on any atom is -0.459 e. The molecule has 1 heterocycles. The summed E-state index contributed by atoms with van der Waals surface area (Å²) in [6.45, 7) is 2.03. The van der Waals surface area contributed by atoms with Crippen LogP contribution in [0.5, 0.6) is 0 Å². The monoisotopic (exact) mass is 306 g/mol. The zero-order valence-electron chi connectivity index (χ0n) is 11.9. The molecule has 0 unspecified atom stereocenters. The first-order valence-electron chi connectivity index (χ1n) is 6.97. The number of hydrogen-bond donors (Lipinski definition) is 0. The molecule has 5 nitrogen and oxygen atoms in total. The summed E-state index contributed by atoms with van der Waals surface area (Å²) in [4.78, 5) is 11.4. The number of ether oxygens (including phenoxy) is 1. The Bertz CT molecular complexity index is 557. The first-order valence-corrected chi connectivity index (χ1v) is 7.95. The molecule has 2 rings (SSSR count). The number of benzene rings is 1. The van der Waals surface area contributed by atoms with Crippen LogP contribution in [0.2, 0.25) is 0 Å². The van der Waals surface area contributed by atoms with Crippen molar-refractivity contribution in [1.29, 1.82) is 0 Å². The van der Waals surface area contributed by atoms with Gasteiger partial charge in [0.2, 0.25) is 0 Å². The van der Waals surface area contributed by atoms with E-state index in [4.69, 9.17) is 9.15 Å². The van der Waals surface area contributed by atoms with E-state index in [9.17, 15) is 4.79 Å². The molecule has 0 aliphatic rings. The highest BCUT2D eigenvalue weighted by Crippen LogP contribution is 2.18. The fourth-order valence-electron chi connectivity index (χ4n) is 1.78. The number of nitrogens with zero attached hydrogens (tertiary/aromatic N) is 2. The minimum absolute atomic E-state index is 0.0800. The van der Waals surface area contributed by atoms with Gasteiger partial charge in [-0.15, -0.1) is 5.10 Å². The Labute approximate surface area is 128 Å². The van der Waals surface area contributed by atoms with Gasteiger partial charge in [0.15, 0.2) is 0 Å². The summed E-state index contributed by atoms with van der Waals surface area (Å²) in [7, 11) is 0. The lowest BCUT2D eigenvalue weighted by atomic mass is 10.1. The smallest absolute Gasteiger partial charge is 0.396 e. The number of unbranched alkanes of at least 4 members (excludes halogenated alkanes) is 1. The molecular weight excluding hydrogens is 288 g/mol. The van der Waals surface area contributed by atoms with Crippen molar-refractivity contribution in [2.75, 3.05) is 12.4 Å². The van der Waals surface area contributed by atoms with E-state index >= 15 is 0 Å². The van der Waals surface area contributed by atoms with Gasteiger partial charge in [-0.2, -0.15) is 0 Å². The fourth-order valence-corrected chi connectivity index (χ4v) is 2.54. The molecule has 2 aromatic rings. The van der Waals surface area contributed by atoms with E-state index in [0.717, 1.165) is 25.0 Å². The van der Waals surface area contributed by atoms with Crippen molar-refractivity contribution in [3.05, 3.63) is 41.8 Å². The Morgan fingerprint density at radius 1 is 1.24 bits per heavy atom. The van der Waals surface area contributed by atoms with E-state index in [-0.39, 0.29) is 5.89 Å². The van der Waals surface area contributed by atoms with Gasteiger partial charge in [-0.25, -0.2) is 4.79 Å². The second-order valence-corrected chi connectivity index (χ2v) is 5.43. The van der Waals surface area contributed by atoms with Crippen LogP contribution in [0, 0.1) is 0 Å². The zero-order chi connectivity index (χ0) is 14.9. The van der Waals surface area contributed by atoms with Crippen molar-refractivity contribution >= 4 is 17.7 Å².